The van der Waals surface area contributed by atoms with Crippen molar-refractivity contribution in [1.29, 1.82) is 0 Å². The zero-order valence-corrected chi connectivity index (χ0v) is 18.7. The summed E-state index contributed by atoms with van der Waals surface area (Å²) in [4.78, 5) is 17.2. The summed E-state index contributed by atoms with van der Waals surface area (Å²) in [6.45, 7) is 4.59. The third-order valence-electron chi connectivity index (χ3n) is 5.51. The Morgan fingerprint density at radius 3 is 2.68 bits per heavy atom. The topological polar surface area (TPSA) is 69.0 Å². The van der Waals surface area contributed by atoms with E-state index in [4.69, 9.17) is 21.4 Å². The van der Waals surface area contributed by atoms with E-state index in [9.17, 15) is 4.79 Å². The summed E-state index contributed by atoms with van der Waals surface area (Å²) < 4.78 is 7.91. The predicted molar refractivity (Wildman–Crippen MR) is 121 cm³/mol. The van der Waals surface area contributed by atoms with Crippen LogP contribution in [-0.4, -0.2) is 32.8 Å². The number of rotatable bonds is 7. The molecule has 0 saturated heterocycles. The van der Waals surface area contributed by atoms with Gasteiger partial charge in [0, 0.05) is 29.0 Å². The van der Waals surface area contributed by atoms with Gasteiger partial charge in [-0.15, -0.1) is 0 Å². The van der Waals surface area contributed by atoms with Crippen molar-refractivity contribution in [1.82, 2.24) is 20.1 Å². The lowest BCUT2D eigenvalue weighted by Crippen LogP contribution is -2.47. The molecule has 0 spiro atoms. The van der Waals surface area contributed by atoms with Gasteiger partial charge in [-0.3, -0.25) is 14.5 Å². The first-order valence-electron chi connectivity index (χ1n) is 10.7. The van der Waals surface area contributed by atoms with Gasteiger partial charge in [-0.1, -0.05) is 17.7 Å². The monoisotopic (exact) mass is 438 g/mol. The highest BCUT2D eigenvalue weighted by Gasteiger charge is 2.30. The smallest absolute Gasteiger partial charge is 0.263 e. The largest absolute Gasteiger partial charge is 0.478 e. The number of hydrogen-bond donors (Lipinski definition) is 1. The quantitative estimate of drug-likeness (QED) is 0.591. The van der Waals surface area contributed by atoms with E-state index in [0.717, 1.165) is 30.7 Å². The molecule has 1 aromatic carbocycles. The summed E-state index contributed by atoms with van der Waals surface area (Å²) in [5.41, 5.74) is 3.42. The number of carbonyl (C=O) groups is 1. The van der Waals surface area contributed by atoms with Crippen LogP contribution in [0.1, 0.15) is 37.9 Å². The van der Waals surface area contributed by atoms with Gasteiger partial charge < -0.3 is 10.1 Å². The number of hydrogen-bond acceptors (Lipinski definition) is 4. The first-order valence-corrected chi connectivity index (χ1v) is 11.0. The Bertz CT molecular complexity index is 1050. The van der Waals surface area contributed by atoms with Gasteiger partial charge in [0.25, 0.3) is 5.91 Å². The summed E-state index contributed by atoms with van der Waals surface area (Å²) in [5, 5.41) is 8.48. The number of nitrogens with one attached hydrogen (secondary N) is 1. The highest BCUT2D eigenvalue weighted by molar-refractivity contribution is 6.30. The lowest BCUT2D eigenvalue weighted by molar-refractivity contribution is -0.134. The molecule has 1 aliphatic rings. The number of fused-ring (bicyclic) bond motifs is 1. The van der Waals surface area contributed by atoms with Crippen LogP contribution in [0.2, 0.25) is 5.02 Å². The fraction of sp³-hybridized carbons (Fsp3) is 0.375. The van der Waals surface area contributed by atoms with E-state index in [0.29, 0.717) is 23.9 Å². The van der Waals surface area contributed by atoms with Gasteiger partial charge in [0.1, 0.15) is 11.4 Å². The van der Waals surface area contributed by atoms with E-state index in [1.54, 1.807) is 44.3 Å². The molecule has 0 aliphatic heterocycles. The van der Waals surface area contributed by atoms with Crippen LogP contribution in [0.15, 0.2) is 48.7 Å². The molecule has 0 fully saturated rings. The molecule has 0 unspecified atom stereocenters. The number of halogens is 1. The third kappa shape index (κ3) is 4.90. The molecule has 1 N–H and O–H groups in total. The number of ether oxygens (including phenoxy) is 1. The van der Waals surface area contributed by atoms with Crippen molar-refractivity contribution >= 4 is 17.5 Å². The van der Waals surface area contributed by atoms with E-state index in [-0.39, 0.29) is 5.91 Å². The van der Waals surface area contributed by atoms with Crippen LogP contribution in [0.3, 0.4) is 0 Å². The fourth-order valence-corrected chi connectivity index (χ4v) is 4.02. The second-order valence-electron chi connectivity index (χ2n) is 8.24. The van der Waals surface area contributed by atoms with Crippen LogP contribution in [0.25, 0.3) is 11.4 Å². The van der Waals surface area contributed by atoms with Crippen molar-refractivity contribution in [2.45, 2.75) is 51.7 Å². The van der Waals surface area contributed by atoms with E-state index in [2.05, 4.69) is 10.3 Å². The molecular formula is C24H27ClN4O2. The standard InChI is InChI=1S/C24H27ClN4O2/c1-24(2,31-18-12-10-17(25)11-13-18)23(30)27-15-16-29-21-9-4-3-7-19(21)22(28-29)20-8-5-6-14-26-20/h5-6,8,10-14H,3-4,7,9,15-16H2,1-2H3,(H,27,30). The Morgan fingerprint density at radius 2 is 1.94 bits per heavy atom. The van der Waals surface area contributed by atoms with Gasteiger partial charge in [0.2, 0.25) is 0 Å². The molecule has 0 saturated carbocycles. The number of nitrogens with zero attached hydrogens (tertiary/aromatic N) is 3. The Morgan fingerprint density at radius 1 is 1.16 bits per heavy atom. The average molecular weight is 439 g/mol. The lowest BCUT2D eigenvalue weighted by atomic mass is 9.95. The molecule has 0 bridgehead atoms. The Kier molecular flexibility index (Phi) is 6.28. The molecule has 7 heteroatoms. The van der Waals surface area contributed by atoms with Crippen molar-refractivity contribution in [2.24, 2.45) is 0 Å². The third-order valence-corrected chi connectivity index (χ3v) is 5.76. The van der Waals surface area contributed by atoms with E-state index in [1.807, 2.05) is 22.9 Å². The van der Waals surface area contributed by atoms with Gasteiger partial charge in [0.05, 0.1) is 12.2 Å². The van der Waals surface area contributed by atoms with E-state index in [1.165, 1.54) is 17.7 Å². The van der Waals surface area contributed by atoms with Gasteiger partial charge >= 0.3 is 0 Å². The zero-order valence-electron chi connectivity index (χ0n) is 17.9. The van der Waals surface area contributed by atoms with E-state index < -0.39 is 5.60 Å². The second kappa shape index (κ2) is 9.10. The van der Waals surface area contributed by atoms with Crippen LogP contribution in [-0.2, 0) is 24.2 Å². The van der Waals surface area contributed by atoms with Crippen LogP contribution < -0.4 is 10.1 Å². The van der Waals surface area contributed by atoms with Crippen molar-refractivity contribution in [3.05, 3.63) is 64.9 Å². The fourth-order valence-electron chi connectivity index (χ4n) is 3.90. The maximum absolute atomic E-state index is 12.7. The minimum absolute atomic E-state index is 0.173. The molecule has 0 atom stereocenters. The van der Waals surface area contributed by atoms with Gasteiger partial charge in [-0.2, -0.15) is 5.10 Å². The first kappa shape index (κ1) is 21.4. The summed E-state index contributed by atoms with van der Waals surface area (Å²) in [6.07, 6.45) is 6.16. The molecule has 2 heterocycles. The molecule has 31 heavy (non-hydrogen) atoms. The first-order chi connectivity index (χ1) is 14.9. The molecule has 2 aromatic heterocycles. The number of aromatic nitrogens is 3. The number of benzene rings is 1. The van der Waals surface area contributed by atoms with Crippen molar-refractivity contribution < 1.29 is 9.53 Å². The summed E-state index contributed by atoms with van der Waals surface area (Å²) in [6, 6.07) is 12.9. The zero-order chi connectivity index (χ0) is 21.8. The normalized spacial score (nSPS) is 13.5. The van der Waals surface area contributed by atoms with Gasteiger partial charge in [-0.25, -0.2) is 0 Å². The number of pyridine rings is 1. The predicted octanol–water partition coefficient (Wildman–Crippen LogP) is 4.45. The molecule has 162 valence electrons. The van der Waals surface area contributed by atoms with Crippen LogP contribution in [0, 0.1) is 0 Å². The molecule has 6 nitrogen and oxygen atoms in total. The lowest BCUT2D eigenvalue weighted by Gasteiger charge is -2.25. The maximum Gasteiger partial charge on any atom is 0.263 e. The van der Waals surface area contributed by atoms with Gasteiger partial charge in [-0.05, 0) is 75.9 Å². The van der Waals surface area contributed by atoms with Crippen LogP contribution in [0.5, 0.6) is 5.75 Å². The summed E-state index contributed by atoms with van der Waals surface area (Å²) in [7, 11) is 0. The highest BCUT2D eigenvalue weighted by Crippen LogP contribution is 2.30. The van der Waals surface area contributed by atoms with Crippen molar-refractivity contribution in [2.75, 3.05) is 6.54 Å². The molecule has 1 aliphatic carbocycles. The molecule has 0 radical (unpaired) electrons. The highest BCUT2D eigenvalue weighted by atomic mass is 35.5. The Balaban J connectivity index is 1.42. The molecular weight excluding hydrogens is 412 g/mol. The van der Waals surface area contributed by atoms with Crippen molar-refractivity contribution in [3.8, 4) is 17.1 Å². The van der Waals surface area contributed by atoms with Crippen LogP contribution in [0.4, 0.5) is 0 Å². The average Bonchev–Trinajstić information content (AvgIpc) is 3.14. The number of carbonyl (C=O) groups excluding carboxylic acids is 1. The molecule has 4 rings (SSSR count). The summed E-state index contributed by atoms with van der Waals surface area (Å²) >= 11 is 5.92. The Labute approximate surface area is 187 Å². The van der Waals surface area contributed by atoms with Crippen LogP contribution >= 0.6 is 11.6 Å². The molecule has 3 aromatic rings. The van der Waals surface area contributed by atoms with E-state index >= 15 is 0 Å². The minimum Gasteiger partial charge on any atom is -0.478 e. The summed E-state index contributed by atoms with van der Waals surface area (Å²) in [5.74, 6) is 0.430. The SMILES string of the molecule is CC(C)(Oc1ccc(Cl)cc1)C(=O)NCCn1nc(-c2ccccn2)c2c1CCCC2. The number of amides is 1. The minimum atomic E-state index is -1.00. The maximum atomic E-state index is 12.7. The second-order valence-corrected chi connectivity index (χ2v) is 8.68. The van der Waals surface area contributed by atoms with Crippen molar-refractivity contribution in [3.63, 3.8) is 0 Å². The Hall–Kier alpha value is -2.86. The van der Waals surface area contributed by atoms with Gasteiger partial charge in [0.15, 0.2) is 5.60 Å². The molecule has 1 amide bonds.